The molecule has 1 aromatic rings. The lowest BCUT2D eigenvalue weighted by Gasteiger charge is -2.27. The number of ketones is 1. The first-order valence-electron chi connectivity index (χ1n) is 6.31. The van der Waals surface area contributed by atoms with Crippen molar-refractivity contribution in [2.24, 2.45) is 11.7 Å². The van der Waals surface area contributed by atoms with Crippen LogP contribution in [0.3, 0.4) is 0 Å². The van der Waals surface area contributed by atoms with Crippen LogP contribution in [0.5, 0.6) is 0 Å². The first-order chi connectivity index (χ1) is 8.59. The molecule has 1 aromatic carbocycles. The van der Waals surface area contributed by atoms with E-state index in [1.54, 1.807) is 6.07 Å². The van der Waals surface area contributed by atoms with Gasteiger partial charge in [0, 0.05) is 18.4 Å². The summed E-state index contributed by atoms with van der Waals surface area (Å²) in [6.07, 6.45) is 4.39. The summed E-state index contributed by atoms with van der Waals surface area (Å²) in [6.45, 7) is 0. The van der Waals surface area contributed by atoms with Crippen molar-refractivity contribution < 1.29 is 4.79 Å². The summed E-state index contributed by atoms with van der Waals surface area (Å²) < 4.78 is 0. The predicted octanol–water partition coefficient (Wildman–Crippen LogP) is 3.62. The largest absolute Gasteiger partial charge is 0.327 e. The van der Waals surface area contributed by atoms with E-state index in [1.807, 2.05) is 12.1 Å². The minimum atomic E-state index is -0.0196. The zero-order chi connectivity index (χ0) is 13.1. The van der Waals surface area contributed by atoms with Crippen LogP contribution in [0.25, 0.3) is 0 Å². The topological polar surface area (TPSA) is 43.1 Å². The molecule has 0 radical (unpaired) electrons. The van der Waals surface area contributed by atoms with E-state index in [0.29, 0.717) is 16.5 Å². The normalized spacial score (nSPS) is 23.9. The Bertz CT molecular complexity index is 447. The highest BCUT2D eigenvalue weighted by atomic mass is 35.5. The molecule has 2 unspecified atom stereocenters. The Labute approximate surface area is 117 Å². The van der Waals surface area contributed by atoms with Gasteiger partial charge in [0.15, 0.2) is 0 Å². The fourth-order valence-electron chi connectivity index (χ4n) is 2.56. The van der Waals surface area contributed by atoms with E-state index in [1.165, 1.54) is 0 Å². The number of carbonyl (C=O) groups excluding carboxylic acids is 1. The van der Waals surface area contributed by atoms with Crippen molar-refractivity contribution in [2.45, 2.75) is 38.1 Å². The van der Waals surface area contributed by atoms with Crippen LogP contribution < -0.4 is 5.73 Å². The lowest BCUT2D eigenvalue weighted by molar-refractivity contribution is -0.123. The van der Waals surface area contributed by atoms with Crippen molar-refractivity contribution in [3.05, 3.63) is 33.8 Å². The number of rotatable bonds is 3. The van der Waals surface area contributed by atoms with Gasteiger partial charge in [-0.05, 0) is 24.5 Å². The van der Waals surface area contributed by atoms with Gasteiger partial charge in [-0.25, -0.2) is 0 Å². The highest BCUT2D eigenvalue weighted by molar-refractivity contribution is 6.42. The molecular formula is C14H17Cl2NO. The number of halogens is 2. The van der Waals surface area contributed by atoms with E-state index in [-0.39, 0.29) is 17.7 Å². The highest BCUT2D eigenvalue weighted by Gasteiger charge is 2.28. The molecule has 0 spiro atoms. The Balaban J connectivity index is 2.09. The molecule has 18 heavy (non-hydrogen) atoms. The molecule has 1 saturated carbocycles. The summed E-state index contributed by atoms with van der Waals surface area (Å²) in [5.41, 5.74) is 6.82. The average molecular weight is 286 g/mol. The van der Waals surface area contributed by atoms with E-state index in [0.717, 1.165) is 31.2 Å². The Morgan fingerprint density at radius 2 is 2.00 bits per heavy atom. The third-order valence-corrected chi connectivity index (χ3v) is 4.49. The van der Waals surface area contributed by atoms with Gasteiger partial charge in [-0.2, -0.15) is 0 Å². The molecular weight excluding hydrogens is 269 g/mol. The maximum Gasteiger partial charge on any atom is 0.141 e. The van der Waals surface area contributed by atoms with Crippen LogP contribution >= 0.6 is 23.2 Å². The minimum absolute atomic E-state index is 0.00390. The first kappa shape index (κ1) is 13.9. The monoisotopic (exact) mass is 285 g/mol. The highest BCUT2D eigenvalue weighted by Crippen LogP contribution is 2.29. The van der Waals surface area contributed by atoms with E-state index in [4.69, 9.17) is 28.9 Å². The van der Waals surface area contributed by atoms with Crippen molar-refractivity contribution in [3.8, 4) is 0 Å². The van der Waals surface area contributed by atoms with Gasteiger partial charge in [0.2, 0.25) is 0 Å². The van der Waals surface area contributed by atoms with E-state index in [9.17, 15) is 4.79 Å². The Morgan fingerprint density at radius 1 is 1.28 bits per heavy atom. The zero-order valence-corrected chi connectivity index (χ0v) is 11.7. The number of carbonyl (C=O) groups is 1. The van der Waals surface area contributed by atoms with Crippen LogP contribution in [0.1, 0.15) is 31.2 Å². The van der Waals surface area contributed by atoms with Gasteiger partial charge >= 0.3 is 0 Å². The van der Waals surface area contributed by atoms with Crippen molar-refractivity contribution in [2.75, 3.05) is 0 Å². The number of Topliss-reactive ketones (excluding diaryl/α,β-unsaturated/α-hetero) is 1. The van der Waals surface area contributed by atoms with Crippen LogP contribution in [0.15, 0.2) is 18.2 Å². The van der Waals surface area contributed by atoms with Crippen molar-refractivity contribution >= 4 is 29.0 Å². The fourth-order valence-corrected chi connectivity index (χ4v) is 2.95. The quantitative estimate of drug-likeness (QED) is 0.922. The van der Waals surface area contributed by atoms with Gasteiger partial charge in [-0.1, -0.05) is 48.2 Å². The van der Waals surface area contributed by atoms with Crippen LogP contribution in [-0.2, 0) is 11.2 Å². The molecule has 0 saturated heterocycles. The Kier molecular flexibility index (Phi) is 4.66. The van der Waals surface area contributed by atoms with Crippen molar-refractivity contribution in [1.29, 1.82) is 0 Å². The molecule has 2 rings (SSSR count). The van der Waals surface area contributed by atoms with Gasteiger partial charge in [0.05, 0.1) is 10.0 Å². The second kappa shape index (κ2) is 6.05. The van der Waals surface area contributed by atoms with Gasteiger partial charge in [-0.3, -0.25) is 4.79 Å². The van der Waals surface area contributed by atoms with E-state index >= 15 is 0 Å². The Hall–Kier alpha value is -0.570. The maximum absolute atomic E-state index is 12.3. The molecule has 1 aliphatic carbocycles. The maximum atomic E-state index is 12.3. The molecule has 2 nitrogen and oxygen atoms in total. The van der Waals surface area contributed by atoms with Gasteiger partial charge in [0.25, 0.3) is 0 Å². The number of benzene rings is 1. The molecule has 1 aliphatic rings. The Morgan fingerprint density at radius 3 is 2.72 bits per heavy atom. The van der Waals surface area contributed by atoms with Crippen molar-refractivity contribution in [1.82, 2.24) is 0 Å². The van der Waals surface area contributed by atoms with Crippen LogP contribution in [0.4, 0.5) is 0 Å². The van der Waals surface area contributed by atoms with Gasteiger partial charge in [0.1, 0.15) is 5.78 Å². The smallest absolute Gasteiger partial charge is 0.141 e. The van der Waals surface area contributed by atoms with Gasteiger partial charge in [-0.15, -0.1) is 0 Å². The molecule has 4 heteroatoms. The third kappa shape index (κ3) is 3.05. The summed E-state index contributed by atoms with van der Waals surface area (Å²) in [5, 5.41) is 0.979. The van der Waals surface area contributed by atoms with Crippen LogP contribution in [-0.4, -0.2) is 11.8 Å². The summed E-state index contributed by atoms with van der Waals surface area (Å²) >= 11 is 12.0. The molecule has 1 fully saturated rings. The SMILES string of the molecule is NC1CCCCC1C(=O)Cc1cccc(Cl)c1Cl. The van der Waals surface area contributed by atoms with Crippen LogP contribution in [0, 0.1) is 5.92 Å². The number of hydrogen-bond acceptors (Lipinski definition) is 2. The van der Waals surface area contributed by atoms with Crippen LogP contribution in [0.2, 0.25) is 10.0 Å². The summed E-state index contributed by atoms with van der Waals surface area (Å²) in [4.78, 5) is 12.3. The molecule has 0 aliphatic heterocycles. The molecule has 0 amide bonds. The molecule has 2 N–H and O–H groups in total. The second-order valence-corrected chi connectivity index (χ2v) is 5.70. The lowest BCUT2D eigenvalue weighted by atomic mass is 9.81. The van der Waals surface area contributed by atoms with E-state index in [2.05, 4.69) is 0 Å². The predicted molar refractivity (Wildman–Crippen MR) is 75.1 cm³/mol. The number of hydrogen-bond donors (Lipinski definition) is 1. The molecule has 98 valence electrons. The molecule has 2 atom stereocenters. The summed E-state index contributed by atoms with van der Waals surface area (Å²) in [6, 6.07) is 5.40. The minimum Gasteiger partial charge on any atom is -0.327 e. The summed E-state index contributed by atoms with van der Waals surface area (Å²) in [5.74, 6) is 0.167. The zero-order valence-electron chi connectivity index (χ0n) is 10.2. The first-order valence-corrected chi connectivity index (χ1v) is 7.06. The molecule has 0 heterocycles. The average Bonchev–Trinajstić information content (AvgIpc) is 2.35. The third-order valence-electron chi connectivity index (χ3n) is 3.63. The van der Waals surface area contributed by atoms with Gasteiger partial charge < -0.3 is 5.73 Å². The standard InChI is InChI=1S/C14H17Cl2NO/c15-11-6-3-4-9(14(11)16)8-13(18)10-5-1-2-7-12(10)17/h3-4,6,10,12H,1-2,5,7-8,17H2. The summed E-state index contributed by atoms with van der Waals surface area (Å²) in [7, 11) is 0. The number of nitrogens with two attached hydrogens (primary N) is 1. The lowest BCUT2D eigenvalue weighted by Crippen LogP contribution is -2.38. The fraction of sp³-hybridized carbons (Fsp3) is 0.500. The molecule has 0 aromatic heterocycles. The van der Waals surface area contributed by atoms with Crippen molar-refractivity contribution in [3.63, 3.8) is 0 Å². The molecule has 0 bridgehead atoms. The second-order valence-electron chi connectivity index (χ2n) is 4.91. The van der Waals surface area contributed by atoms with E-state index < -0.39 is 0 Å².